The fourth-order valence-electron chi connectivity index (χ4n) is 2.36. The molecule has 0 N–H and O–H groups in total. The van der Waals surface area contributed by atoms with E-state index in [0.29, 0.717) is 11.3 Å². The lowest BCUT2D eigenvalue weighted by Crippen LogP contribution is -2.41. The van der Waals surface area contributed by atoms with E-state index in [9.17, 15) is 13.2 Å². The number of amides is 1. The number of rotatable bonds is 4. The molecule has 2 rings (SSSR count). The lowest BCUT2D eigenvalue weighted by Gasteiger charge is -2.34. The van der Waals surface area contributed by atoms with E-state index >= 15 is 0 Å². The fraction of sp³-hybridized carbons (Fsp3) is 0.500. The normalized spacial score (nSPS) is 15.4. The van der Waals surface area contributed by atoms with Gasteiger partial charge in [0.15, 0.2) is 0 Å². The molecule has 0 radical (unpaired) electrons. The highest BCUT2D eigenvalue weighted by molar-refractivity contribution is 8.13. The van der Waals surface area contributed by atoms with Crippen LogP contribution in [0.4, 0.5) is 5.69 Å². The Balaban J connectivity index is 2.39. The average molecular weight is 331 g/mol. The molecule has 0 atom stereocenters. The van der Waals surface area contributed by atoms with Gasteiger partial charge in [-0.2, -0.15) is 0 Å². The molecule has 0 unspecified atom stereocenters. The van der Waals surface area contributed by atoms with Gasteiger partial charge in [-0.05, 0) is 37.5 Å². The standard InChI is InChI=1S/C14H19ClN2O3S/c1-16(2)12-8-7-10(9-13(12)21(15,19)20)14(18)17(3)11-5-4-6-11/h7-9,11H,4-6H2,1-3H3. The first kappa shape index (κ1) is 16.1. The zero-order valence-electron chi connectivity index (χ0n) is 12.3. The van der Waals surface area contributed by atoms with Gasteiger partial charge in [0.25, 0.3) is 15.0 Å². The number of nitrogens with zero attached hydrogens (tertiary/aromatic N) is 2. The average Bonchev–Trinajstić information content (AvgIpc) is 2.33. The third-order valence-corrected chi connectivity index (χ3v) is 5.25. The van der Waals surface area contributed by atoms with E-state index in [-0.39, 0.29) is 16.8 Å². The molecule has 0 aliphatic heterocycles. The van der Waals surface area contributed by atoms with Gasteiger partial charge in [0.2, 0.25) is 0 Å². The highest BCUT2D eigenvalue weighted by atomic mass is 35.7. The van der Waals surface area contributed by atoms with Crippen molar-refractivity contribution in [2.45, 2.75) is 30.2 Å². The van der Waals surface area contributed by atoms with Gasteiger partial charge in [-0.3, -0.25) is 4.79 Å². The first-order valence-electron chi connectivity index (χ1n) is 6.75. The van der Waals surface area contributed by atoms with Gasteiger partial charge in [-0.15, -0.1) is 0 Å². The van der Waals surface area contributed by atoms with E-state index in [4.69, 9.17) is 10.7 Å². The predicted molar refractivity (Wildman–Crippen MR) is 83.5 cm³/mol. The van der Waals surface area contributed by atoms with Crippen molar-refractivity contribution in [3.8, 4) is 0 Å². The van der Waals surface area contributed by atoms with Crippen LogP contribution in [0.5, 0.6) is 0 Å². The molecule has 1 aliphatic rings. The molecule has 116 valence electrons. The van der Waals surface area contributed by atoms with Gasteiger partial charge in [0, 0.05) is 43.4 Å². The third kappa shape index (κ3) is 3.32. The maximum absolute atomic E-state index is 12.4. The van der Waals surface area contributed by atoms with Gasteiger partial charge in [0.05, 0.1) is 5.69 Å². The molecular formula is C14H19ClN2O3S. The van der Waals surface area contributed by atoms with E-state index in [0.717, 1.165) is 19.3 Å². The van der Waals surface area contributed by atoms with Crippen LogP contribution < -0.4 is 4.90 Å². The maximum Gasteiger partial charge on any atom is 0.263 e. The quantitative estimate of drug-likeness (QED) is 0.795. The Hall–Kier alpha value is -1.27. The van der Waals surface area contributed by atoms with Crippen molar-refractivity contribution in [2.75, 3.05) is 26.0 Å². The number of hydrogen-bond donors (Lipinski definition) is 0. The summed E-state index contributed by atoms with van der Waals surface area (Å²) in [5.74, 6) is -0.174. The van der Waals surface area contributed by atoms with Crippen molar-refractivity contribution >= 4 is 31.3 Å². The summed E-state index contributed by atoms with van der Waals surface area (Å²) >= 11 is 0. The Labute approximate surface area is 129 Å². The zero-order chi connectivity index (χ0) is 15.8. The minimum absolute atomic E-state index is 0.0398. The molecule has 0 aromatic heterocycles. The monoisotopic (exact) mass is 330 g/mol. The number of carbonyl (C=O) groups excluding carboxylic acids is 1. The van der Waals surface area contributed by atoms with E-state index < -0.39 is 9.05 Å². The summed E-state index contributed by atoms with van der Waals surface area (Å²) < 4.78 is 23.4. The number of anilines is 1. The van der Waals surface area contributed by atoms with Gasteiger partial charge >= 0.3 is 0 Å². The van der Waals surface area contributed by atoms with Crippen LogP contribution >= 0.6 is 10.7 Å². The summed E-state index contributed by atoms with van der Waals surface area (Å²) in [7, 11) is 6.77. The van der Waals surface area contributed by atoms with E-state index in [1.165, 1.54) is 6.07 Å². The Bertz CT molecular complexity index is 654. The first-order chi connectivity index (χ1) is 9.71. The van der Waals surface area contributed by atoms with Crippen molar-refractivity contribution in [2.24, 2.45) is 0 Å². The van der Waals surface area contributed by atoms with Crippen LogP contribution in [-0.2, 0) is 9.05 Å². The SMILES string of the molecule is CN(C)c1ccc(C(=O)N(C)C2CCC2)cc1S(=O)(=O)Cl. The molecule has 7 heteroatoms. The summed E-state index contributed by atoms with van der Waals surface area (Å²) in [6, 6.07) is 4.85. The molecule has 1 saturated carbocycles. The minimum Gasteiger partial charge on any atom is -0.377 e. The number of halogens is 1. The van der Waals surface area contributed by atoms with Crippen LogP contribution in [-0.4, -0.2) is 46.4 Å². The topological polar surface area (TPSA) is 57.7 Å². The largest absolute Gasteiger partial charge is 0.377 e. The summed E-state index contributed by atoms with van der Waals surface area (Å²) in [5.41, 5.74) is 0.807. The van der Waals surface area contributed by atoms with Crippen LogP contribution in [0, 0.1) is 0 Å². The van der Waals surface area contributed by atoms with Crippen molar-refractivity contribution < 1.29 is 13.2 Å². The summed E-state index contributed by atoms with van der Waals surface area (Å²) in [4.78, 5) is 15.7. The van der Waals surface area contributed by atoms with E-state index in [2.05, 4.69) is 0 Å². The smallest absolute Gasteiger partial charge is 0.263 e. The maximum atomic E-state index is 12.4. The van der Waals surface area contributed by atoms with E-state index in [1.807, 2.05) is 0 Å². The highest BCUT2D eigenvalue weighted by Crippen LogP contribution is 2.30. The number of benzene rings is 1. The molecule has 0 spiro atoms. The summed E-state index contributed by atoms with van der Waals surface area (Å²) in [6.45, 7) is 0. The number of carbonyl (C=O) groups is 1. The van der Waals surface area contributed by atoms with Crippen LogP contribution in [0.15, 0.2) is 23.1 Å². The second kappa shape index (κ2) is 5.85. The molecule has 0 bridgehead atoms. The van der Waals surface area contributed by atoms with Crippen molar-refractivity contribution in [3.05, 3.63) is 23.8 Å². The second-order valence-electron chi connectivity index (χ2n) is 5.52. The number of hydrogen-bond acceptors (Lipinski definition) is 4. The van der Waals surface area contributed by atoms with Crippen molar-refractivity contribution in [1.82, 2.24) is 4.90 Å². The van der Waals surface area contributed by atoms with Crippen LogP contribution in [0.3, 0.4) is 0 Å². The Morgan fingerprint density at radius 1 is 1.24 bits per heavy atom. The molecule has 1 aliphatic carbocycles. The molecule has 21 heavy (non-hydrogen) atoms. The van der Waals surface area contributed by atoms with Crippen molar-refractivity contribution in [1.29, 1.82) is 0 Å². The van der Waals surface area contributed by atoms with Gasteiger partial charge < -0.3 is 9.80 Å². The minimum atomic E-state index is -3.91. The summed E-state index contributed by atoms with van der Waals surface area (Å²) in [6.07, 6.45) is 3.13. The van der Waals surface area contributed by atoms with Crippen LogP contribution in [0.25, 0.3) is 0 Å². The predicted octanol–water partition coefficient (Wildman–Crippen LogP) is 2.30. The Morgan fingerprint density at radius 2 is 1.86 bits per heavy atom. The lowest BCUT2D eigenvalue weighted by atomic mass is 9.91. The lowest BCUT2D eigenvalue weighted by molar-refractivity contribution is 0.0652. The Morgan fingerprint density at radius 3 is 2.29 bits per heavy atom. The van der Waals surface area contributed by atoms with E-state index in [1.54, 1.807) is 43.1 Å². The third-order valence-electron chi connectivity index (χ3n) is 3.89. The van der Waals surface area contributed by atoms with Gasteiger partial charge in [-0.25, -0.2) is 8.42 Å². The fourth-order valence-corrected chi connectivity index (χ4v) is 3.49. The molecule has 1 aromatic rings. The molecule has 1 fully saturated rings. The molecular weight excluding hydrogens is 312 g/mol. The van der Waals surface area contributed by atoms with Gasteiger partial charge in [-0.1, -0.05) is 0 Å². The van der Waals surface area contributed by atoms with Gasteiger partial charge in [0.1, 0.15) is 4.90 Å². The molecule has 0 heterocycles. The zero-order valence-corrected chi connectivity index (χ0v) is 13.9. The van der Waals surface area contributed by atoms with Crippen LogP contribution in [0.2, 0.25) is 0 Å². The molecule has 1 amide bonds. The Kier molecular flexibility index (Phi) is 4.49. The first-order valence-corrected chi connectivity index (χ1v) is 9.06. The molecule has 0 saturated heterocycles. The van der Waals surface area contributed by atoms with Crippen molar-refractivity contribution in [3.63, 3.8) is 0 Å². The highest BCUT2D eigenvalue weighted by Gasteiger charge is 2.27. The summed E-state index contributed by atoms with van der Waals surface area (Å²) in [5, 5.41) is 0. The molecule has 5 nitrogen and oxygen atoms in total. The molecule has 1 aromatic carbocycles. The van der Waals surface area contributed by atoms with Crippen LogP contribution in [0.1, 0.15) is 29.6 Å². The second-order valence-corrected chi connectivity index (χ2v) is 8.05.